The molecule has 0 saturated heterocycles. The molecule has 5 N–H and O–H groups in total. The Kier molecular flexibility index (Phi) is 28.8. The summed E-state index contributed by atoms with van der Waals surface area (Å²) in [6, 6.07) is -0.850. The van der Waals surface area contributed by atoms with Crippen LogP contribution < -0.4 is 11.1 Å². The Morgan fingerprint density at radius 1 is 0.780 bits per heavy atom. The standard InChI is InChI=1S/C32H65N2O6P/c1-3-5-7-9-11-13-15-16-17-19-21-23-25-31(35)30(29-40-41(37,38)39-28-27-33)34-32(36)26-24-22-20-18-14-12-10-8-6-4-2/h23,25,30-31,35H,3-22,24,26-29,33H2,1-2H3,(H,34,36)(H,37,38)/b25-23+. The fourth-order valence-electron chi connectivity index (χ4n) is 4.78. The van der Waals surface area contributed by atoms with Crippen molar-refractivity contribution >= 4 is 13.7 Å². The molecule has 244 valence electrons. The number of aliphatic hydroxyl groups excluding tert-OH is 1. The first-order valence-electron chi connectivity index (χ1n) is 16.8. The molecule has 41 heavy (non-hydrogen) atoms. The van der Waals surface area contributed by atoms with E-state index in [1.807, 2.05) is 6.08 Å². The zero-order valence-corrected chi connectivity index (χ0v) is 27.4. The van der Waals surface area contributed by atoms with E-state index in [-0.39, 0.29) is 25.7 Å². The predicted molar refractivity (Wildman–Crippen MR) is 171 cm³/mol. The van der Waals surface area contributed by atoms with Gasteiger partial charge in [-0.15, -0.1) is 0 Å². The molecule has 0 aliphatic carbocycles. The van der Waals surface area contributed by atoms with Gasteiger partial charge in [0, 0.05) is 13.0 Å². The molecule has 9 heteroatoms. The Morgan fingerprint density at radius 2 is 1.24 bits per heavy atom. The number of carbonyl (C=O) groups excluding carboxylic acids is 1. The summed E-state index contributed by atoms with van der Waals surface area (Å²) in [5, 5.41) is 13.5. The van der Waals surface area contributed by atoms with Gasteiger partial charge >= 0.3 is 7.82 Å². The van der Waals surface area contributed by atoms with Crippen LogP contribution in [0.3, 0.4) is 0 Å². The molecule has 0 fully saturated rings. The van der Waals surface area contributed by atoms with Gasteiger partial charge in [0.1, 0.15) is 0 Å². The second-order valence-corrected chi connectivity index (χ2v) is 12.8. The van der Waals surface area contributed by atoms with Gasteiger partial charge in [0.15, 0.2) is 0 Å². The van der Waals surface area contributed by atoms with E-state index in [1.54, 1.807) is 6.08 Å². The van der Waals surface area contributed by atoms with Crippen LogP contribution in [0, 0.1) is 0 Å². The first kappa shape index (κ1) is 40.2. The van der Waals surface area contributed by atoms with E-state index in [4.69, 9.17) is 14.8 Å². The van der Waals surface area contributed by atoms with Crippen molar-refractivity contribution < 1.29 is 28.4 Å². The number of phosphoric ester groups is 1. The summed E-state index contributed by atoms with van der Waals surface area (Å²) in [5.74, 6) is -0.198. The molecule has 0 aromatic rings. The monoisotopic (exact) mass is 604 g/mol. The lowest BCUT2D eigenvalue weighted by atomic mass is 10.0. The Balaban J connectivity index is 4.41. The molecule has 0 aliphatic rings. The fourth-order valence-corrected chi connectivity index (χ4v) is 5.54. The van der Waals surface area contributed by atoms with Gasteiger partial charge in [-0.1, -0.05) is 142 Å². The van der Waals surface area contributed by atoms with Gasteiger partial charge in [-0.2, -0.15) is 0 Å². The number of hydrogen-bond acceptors (Lipinski definition) is 6. The van der Waals surface area contributed by atoms with E-state index in [1.165, 1.54) is 96.3 Å². The van der Waals surface area contributed by atoms with E-state index < -0.39 is 20.0 Å². The van der Waals surface area contributed by atoms with Crippen molar-refractivity contribution in [3.8, 4) is 0 Å². The molecular formula is C32H65N2O6P. The molecule has 8 nitrogen and oxygen atoms in total. The summed E-state index contributed by atoms with van der Waals surface area (Å²) in [4.78, 5) is 22.4. The molecule has 0 aliphatic heterocycles. The van der Waals surface area contributed by atoms with Crippen LogP contribution in [0.5, 0.6) is 0 Å². The summed E-state index contributed by atoms with van der Waals surface area (Å²) in [5.41, 5.74) is 5.33. The smallest absolute Gasteiger partial charge is 0.387 e. The van der Waals surface area contributed by atoms with Crippen molar-refractivity contribution in [2.75, 3.05) is 19.8 Å². The molecule has 0 aromatic carbocycles. The zero-order chi connectivity index (χ0) is 30.4. The molecule has 0 heterocycles. The average molecular weight is 605 g/mol. The number of amides is 1. The lowest BCUT2D eigenvalue weighted by Gasteiger charge is -2.23. The topological polar surface area (TPSA) is 131 Å². The molecular weight excluding hydrogens is 539 g/mol. The predicted octanol–water partition coefficient (Wildman–Crippen LogP) is 8.10. The van der Waals surface area contributed by atoms with Gasteiger partial charge in [0.2, 0.25) is 5.91 Å². The van der Waals surface area contributed by atoms with E-state index >= 15 is 0 Å². The number of unbranched alkanes of at least 4 members (excludes halogenated alkanes) is 19. The highest BCUT2D eigenvalue weighted by Gasteiger charge is 2.26. The van der Waals surface area contributed by atoms with Crippen molar-refractivity contribution in [2.45, 2.75) is 167 Å². The molecule has 3 atom stereocenters. The fraction of sp³-hybridized carbons (Fsp3) is 0.906. The summed E-state index contributed by atoms with van der Waals surface area (Å²) < 4.78 is 21.9. The van der Waals surface area contributed by atoms with E-state index in [9.17, 15) is 19.4 Å². The number of phosphoric acid groups is 1. The summed E-state index contributed by atoms with van der Waals surface area (Å²) in [6.07, 6.45) is 28.2. The third-order valence-corrected chi connectivity index (χ3v) is 8.35. The van der Waals surface area contributed by atoms with Crippen LogP contribution in [0.15, 0.2) is 12.2 Å². The van der Waals surface area contributed by atoms with Gasteiger partial charge in [0.05, 0.1) is 25.4 Å². The van der Waals surface area contributed by atoms with Crippen LogP contribution >= 0.6 is 7.82 Å². The summed E-state index contributed by atoms with van der Waals surface area (Å²) in [7, 11) is -4.32. The van der Waals surface area contributed by atoms with Crippen molar-refractivity contribution in [1.82, 2.24) is 5.32 Å². The van der Waals surface area contributed by atoms with E-state index in [2.05, 4.69) is 19.2 Å². The minimum atomic E-state index is -4.32. The van der Waals surface area contributed by atoms with E-state index in [0.717, 1.165) is 38.5 Å². The molecule has 0 rings (SSSR count). The van der Waals surface area contributed by atoms with Crippen molar-refractivity contribution in [2.24, 2.45) is 5.73 Å². The average Bonchev–Trinajstić information content (AvgIpc) is 2.95. The van der Waals surface area contributed by atoms with Crippen LogP contribution in [-0.2, 0) is 18.4 Å². The minimum Gasteiger partial charge on any atom is -0.387 e. The maximum Gasteiger partial charge on any atom is 0.472 e. The number of allylic oxidation sites excluding steroid dienone is 1. The normalized spacial score (nSPS) is 14.8. The van der Waals surface area contributed by atoms with Crippen molar-refractivity contribution in [3.63, 3.8) is 0 Å². The van der Waals surface area contributed by atoms with Crippen LogP contribution in [-0.4, -0.2) is 47.8 Å². The van der Waals surface area contributed by atoms with Crippen LogP contribution in [0.1, 0.15) is 155 Å². The molecule has 3 unspecified atom stereocenters. The third kappa shape index (κ3) is 27.8. The Hall–Kier alpha value is -0.760. The second kappa shape index (κ2) is 29.3. The number of nitrogens with two attached hydrogens (primary N) is 1. The highest BCUT2D eigenvalue weighted by atomic mass is 31.2. The molecule has 0 bridgehead atoms. The lowest BCUT2D eigenvalue weighted by Crippen LogP contribution is -2.45. The number of rotatable bonds is 31. The van der Waals surface area contributed by atoms with Gasteiger partial charge in [-0.05, 0) is 19.3 Å². The van der Waals surface area contributed by atoms with Gasteiger partial charge in [0.25, 0.3) is 0 Å². The van der Waals surface area contributed by atoms with Gasteiger partial charge in [-0.3, -0.25) is 13.8 Å². The van der Waals surface area contributed by atoms with Crippen LogP contribution in [0.25, 0.3) is 0 Å². The first-order chi connectivity index (χ1) is 19.9. The first-order valence-corrected chi connectivity index (χ1v) is 18.3. The minimum absolute atomic E-state index is 0.0806. The van der Waals surface area contributed by atoms with Crippen LogP contribution in [0.2, 0.25) is 0 Å². The maximum absolute atomic E-state index is 12.6. The highest BCUT2D eigenvalue weighted by Crippen LogP contribution is 2.43. The molecule has 0 aromatic heterocycles. The Bertz CT molecular complexity index is 664. The SMILES string of the molecule is CCCCCCCCCCCC/C=C/C(O)C(COP(=O)(O)OCCN)NC(=O)CCCCCCCCCCCC. The van der Waals surface area contributed by atoms with Gasteiger partial charge < -0.3 is 21.1 Å². The largest absolute Gasteiger partial charge is 0.472 e. The molecule has 0 saturated carbocycles. The number of hydrogen-bond donors (Lipinski definition) is 4. The maximum atomic E-state index is 12.6. The summed E-state index contributed by atoms with van der Waals surface area (Å²) >= 11 is 0. The van der Waals surface area contributed by atoms with Crippen LogP contribution in [0.4, 0.5) is 0 Å². The highest BCUT2D eigenvalue weighted by molar-refractivity contribution is 7.47. The number of nitrogens with one attached hydrogen (secondary N) is 1. The second-order valence-electron chi connectivity index (χ2n) is 11.4. The lowest BCUT2D eigenvalue weighted by molar-refractivity contribution is -0.123. The molecule has 0 radical (unpaired) electrons. The van der Waals surface area contributed by atoms with E-state index in [0.29, 0.717) is 6.42 Å². The molecule has 1 amide bonds. The Morgan fingerprint density at radius 3 is 1.73 bits per heavy atom. The zero-order valence-electron chi connectivity index (χ0n) is 26.5. The third-order valence-electron chi connectivity index (χ3n) is 7.36. The quantitative estimate of drug-likeness (QED) is 0.0357. The summed E-state index contributed by atoms with van der Waals surface area (Å²) in [6.45, 7) is 4.09. The van der Waals surface area contributed by atoms with Crippen molar-refractivity contribution in [1.29, 1.82) is 0 Å². The van der Waals surface area contributed by atoms with Crippen molar-refractivity contribution in [3.05, 3.63) is 12.2 Å². The Labute approximate surface area is 252 Å². The number of aliphatic hydroxyl groups is 1. The van der Waals surface area contributed by atoms with Gasteiger partial charge in [-0.25, -0.2) is 4.57 Å². The number of carbonyl (C=O) groups is 1. The molecule has 0 spiro atoms.